The summed E-state index contributed by atoms with van der Waals surface area (Å²) in [6.07, 6.45) is 0. The maximum absolute atomic E-state index is 12.3. The second-order valence-electron chi connectivity index (χ2n) is 4.76. The fraction of sp³-hybridized carbons (Fsp3) is 0.500. The number of carbonyl (C=O) groups excluding carboxylic acids is 1. The molecule has 0 aliphatic rings. The number of amides is 1. The van der Waals surface area contributed by atoms with Crippen LogP contribution < -0.4 is 0 Å². The second-order valence-corrected chi connectivity index (χ2v) is 5.84. The van der Waals surface area contributed by atoms with Crippen LogP contribution in [0.4, 0.5) is 0 Å². The minimum atomic E-state index is -0.914. The van der Waals surface area contributed by atoms with Crippen LogP contribution in [0.3, 0.4) is 0 Å². The van der Waals surface area contributed by atoms with Crippen LogP contribution in [0.5, 0.6) is 0 Å². The minimum absolute atomic E-state index is 0.105. The summed E-state index contributed by atoms with van der Waals surface area (Å²) in [7, 11) is 0. The molecule has 0 radical (unpaired) electrons. The molecule has 0 spiro atoms. The lowest BCUT2D eigenvalue weighted by Gasteiger charge is -2.27. The smallest absolute Gasteiger partial charge is 0.264 e. The van der Waals surface area contributed by atoms with E-state index < -0.39 is 5.60 Å². The third-order valence-electron chi connectivity index (χ3n) is 2.35. The minimum Gasteiger partial charge on any atom is -0.389 e. The third kappa shape index (κ3) is 5.03. The molecule has 0 aromatic carbocycles. The Hall–Kier alpha value is -1.35. The number of rotatable bonds is 4. The predicted octanol–water partition coefficient (Wildman–Crippen LogP) is 1.32. The van der Waals surface area contributed by atoms with Gasteiger partial charge in [0.05, 0.1) is 15.4 Å². The molecule has 0 aliphatic carbocycles. The molecule has 0 unspecified atom stereocenters. The Kier molecular flexibility index (Phi) is 5.55. The molecule has 2 N–H and O–H groups in total. The van der Waals surface area contributed by atoms with E-state index in [1.807, 2.05) is 6.92 Å². The van der Waals surface area contributed by atoms with Gasteiger partial charge in [0.15, 0.2) is 0 Å². The van der Waals surface area contributed by atoms with E-state index in [9.17, 15) is 9.90 Å². The zero-order valence-electron chi connectivity index (χ0n) is 11.4. The Morgan fingerprint density at radius 2 is 2.16 bits per heavy atom. The van der Waals surface area contributed by atoms with Crippen molar-refractivity contribution in [2.45, 2.75) is 26.4 Å². The quantitative estimate of drug-likeness (QED) is 0.818. The zero-order chi connectivity index (χ0) is 14.5. The van der Waals surface area contributed by atoms with Gasteiger partial charge in [0.25, 0.3) is 5.91 Å². The van der Waals surface area contributed by atoms with E-state index in [0.717, 1.165) is 4.88 Å². The average Bonchev–Trinajstić information content (AvgIpc) is 2.80. The summed E-state index contributed by atoms with van der Waals surface area (Å²) < 4.78 is 0. The Balaban J connectivity index is 2.83. The summed E-state index contributed by atoms with van der Waals surface area (Å²) in [4.78, 5) is 15.2. The fourth-order valence-electron chi connectivity index (χ4n) is 1.60. The standard InChI is InChI=1S/C14H19NO3S/c1-4-15(10-14(2,3)18)13(17)12-8-7-11(19-12)6-5-9-16/h7-8,16,18H,4,9-10H2,1-3H3. The van der Waals surface area contributed by atoms with Crippen molar-refractivity contribution in [1.29, 1.82) is 0 Å². The summed E-state index contributed by atoms with van der Waals surface area (Å²) in [6, 6.07) is 3.49. The van der Waals surface area contributed by atoms with Gasteiger partial charge in [-0.2, -0.15) is 0 Å². The van der Waals surface area contributed by atoms with Crippen molar-refractivity contribution < 1.29 is 15.0 Å². The molecule has 1 aromatic heterocycles. The number of carbonyl (C=O) groups is 1. The molecule has 19 heavy (non-hydrogen) atoms. The monoisotopic (exact) mass is 281 g/mol. The van der Waals surface area contributed by atoms with Crippen molar-refractivity contribution in [3.05, 3.63) is 21.9 Å². The van der Waals surface area contributed by atoms with Gasteiger partial charge in [0.1, 0.15) is 6.61 Å². The molecule has 0 fully saturated rings. The molecule has 1 rings (SSSR count). The maximum atomic E-state index is 12.3. The Bertz CT molecular complexity index is 491. The first-order valence-electron chi connectivity index (χ1n) is 6.08. The highest BCUT2D eigenvalue weighted by atomic mass is 32.1. The predicted molar refractivity (Wildman–Crippen MR) is 76.2 cm³/mol. The first kappa shape index (κ1) is 15.7. The van der Waals surface area contributed by atoms with Crippen LogP contribution in [0.15, 0.2) is 12.1 Å². The molecule has 0 bridgehead atoms. The lowest BCUT2D eigenvalue weighted by atomic mass is 10.1. The topological polar surface area (TPSA) is 60.8 Å². The Labute approximate surface area is 117 Å². The third-order valence-corrected chi connectivity index (χ3v) is 3.34. The van der Waals surface area contributed by atoms with Gasteiger partial charge in [-0.1, -0.05) is 11.8 Å². The van der Waals surface area contributed by atoms with Crippen molar-refractivity contribution in [2.75, 3.05) is 19.7 Å². The first-order valence-corrected chi connectivity index (χ1v) is 6.90. The molecule has 0 saturated heterocycles. The number of hydrogen-bond donors (Lipinski definition) is 2. The number of nitrogens with zero attached hydrogens (tertiary/aromatic N) is 1. The van der Waals surface area contributed by atoms with Gasteiger partial charge in [-0.05, 0) is 32.9 Å². The maximum Gasteiger partial charge on any atom is 0.264 e. The van der Waals surface area contributed by atoms with Gasteiger partial charge in [-0.3, -0.25) is 4.79 Å². The molecule has 0 aliphatic heterocycles. The number of thiophene rings is 1. The summed E-state index contributed by atoms with van der Waals surface area (Å²) in [5.74, 6) is 5.22. The highest BCUT2D eigenvalue weighted by Gasteiger charge is 2.23. The highest BCUT2D eigenvalue weighted by molar-refractivity contribution is 7.14. The molecule has 1 heterocycles. The van der Waals surface area contributed by atoms with E-state index in [0.29, 0.717) is 11.4 Å². The molecule has 104 valence electrons. The number of likely N-dealkylation sites (N-methyl/N-ethyl adjacent to an activating group) is 1. The normalized spacial score (nSPS) is 10.8. The van der Waals surface area contributed by atoms with E-state index in [-0.39, 0.29) is 19.1 Å². The molecule has 4 nitrogen and oxygen atoms in total. The summed E-state index contributed by atoms with van der Waals surface area (Å²) in [6.45, 7) is 5.87. The molecule has 5 heteroatoms. The van der Waals surface area contributed by atoms with Crippen LogP contribution in [-0.4, -0.2) is 46.3 Å². The van der Waals surface area contributed by atoms with Crippen LogP contribution in [-0.2, 0) is 0 Å². The van der Waals surface area contributed by atoms with E-state index >= 15 is 0 Å². The van der Waals surface area contributed by atoms with Crippen molar-refractivity contribution >= 4 is 17.2 Å². The van der Waals surface area contributed by atoms with Crippen molar-refractivity contribution in [3.8, 4) is 11.8 Å². The van der Waals surface area contributed by atoms with E-state index in [4.69, 9.17) is 5.11 Å². The van der Waals surface area contributed by atoms with Gasteiger partial charge in [-0.15, -0.1) is 11.3 Å². The largest absolute Gasteiger partial charge is 0.389 e. The molecule has 0 saturated carbocycles. The molecule has 1 aromatic rings. The van der Waals surface area contributed by atoms with Gasteiger partial charge < -0.3 is 15.1 Å². The van der Waals surface area contributed by atoms with Gasteiger partial charge in [-0.25, -0.2) is 0 Å². The van der Waals surface area contributed by atoms with Gasteiger partial charge in [0.2, 0.25) is 0 Å². The molecular formula is C14H19NO3S. The lowest BCUT2D eigenvalue weighted by molar-refractivity contribution is 0.0317. The number of hydrogen-bond acceptors (Lipinski definition) is 4. The van der Waals surface area contributed by atoms with Gasteiger partial charge in [0, 0.05) is 13.1 Å². The van der Waals surface area contributed by atoms with Crippen molar-refractivity contribution in [2.24, 2.45) is 0 Å². The summed E-state index contributed by atoms with van der Waals surface area (Å²) in [5.41, 5.74) is -0.914. The van der Waals surface area contributed by atoms with Gasteiger partial charge >= 0.3 is 0 Å². The first-order chi connectivity index (χ1) is 8.87. The average molecular weight is 281 g/mol. The second kappa shape index (κ2) is 6.71. The fourth-order valence-corrected chi connectivity index (χ4v) is 2.45. The van der Waals surface area contributed by atoms with Crippen LogP contribution in [0.2, 0.25) is 0 Å². The van der Waals surface area contributed by atoms with Crippen molar-refractivity contribution in [3.63, 3.8) is 0 Å². The van der Waals surface area contributed by atoms with Crippen LogP contribution in [0.25, 0.3) is 0 Å². The van der Waals surface area contributed by atoms with E-state index in [2.05, 4.69) is 11.8 Å². The highest BCUT2D eigenvalue weighted by Crippen LogP contribution is 2.18. The number of aliphatic hydroxyl groups is 2. The van der Waals surface area contributed by atoms with Crippen LogP contribution >= 0.6 is 11.3 Å². The van der Waals surface area contributed by atoms with E-state index in [1.165, 1.54) is 11.3 Å². The summed E-state index contributed by atoms with van der Waals surface area (Å²) >= 11 is 1.29. The van der Waals surface area contributed by atoms with Crippen molar-refractivity contribution in [1.82, 2.24) is 4.90 Å². The lowest BCUT2D eigenvalue weighted by Crippen LogP contribution is -2.41. The molecule has 1 amide bonds. The molecule has 0 atom stereocenters. The molecular weight excluding hydrogens is 262 g/mol. The SMILES string of the molecule is CCN(CC(C)(C)O)C(=O)c1ccc(C#CCO)s1. The van der Waals surface area contributed by atoms with Crippen LogP contribution in [0.1, 0.15) is 35.3 Å². The zero-order valence-corrected chi connectivity index (χ0v) is 12.3. The number of aliphatic hydroxyl groups excluding tert-OH is 1. The summed E-state index contributed by atoms with van der Waals surface area (Å²) in [5, 5.41) is 18.4. The van der Waals surface area contributed by atoms with Crippen LogP contribution in [0, 0.1) is 11.8 Å². The van der Waals surface area contributed by atoms with E-state index in [1.54, 1.807) is 30.9 Å². The Morgan fingerprint density at radius 3 is 2.68 bits per heavy atom. The Morgan fingerprint density at radius 1 is 1.47 bits per heavy atom.